The molecule has 2 aliphatic heterocycles. The van der Waals surface area contributed by atoms with Crippen LogP contribution in [0.5, 0.6) is 0 Å². The Balaban J connectivity index is 1.48. The summed E-state index contributed by atoms with van der Waals surface area (Å²) < 4.78 is 5.28. The molecular formula is C19H25N3O2S. The zero-order valence-corrected chi connectivity index (χ0v) is 15.8. The molecule has 0 bridgehead atoms. The Hall–Kier alpha value is -1.66. The van der Waals surface area contributed by atoms with Crippen molar-refractivity contribution < 1.29 is 9.32 Å². The van der Waals surface area contributed by atoms with Crippen LogP contribution in [0.4, 0.5) is 0 Å². The van der Waals surface area contributed by atoms with Crippen LogP contribution in [0.3, 0.4) is 0 Å². The first kappa shape index (κ1) is 16.8. The van der Waals surface area contributed by atoms with Gasteiger partial charge in [-0.15, -0.1) is 11.3 Å². The predicted molar refractivity (Wildman–Crippen MR) is 97.9 cm³/mol. The van der Waals surface area contributed by atoms with Gasteiger partial charge in [-0.2, -0.15) is 0 Å². The number of thiophene rings is 1. The van der Waals surface area contributed by atoms with E-state index in [2.05, 4.69) is 15.4 Å². The SMILES string of the molecule is Cc1noc(C)c1CN1CCc2c(C(=O)N3CCCCC3)csc2C1. The molecule has 5 nitrogen and oxygen atoms in total. The lowest BCUT2D eigenvalue weighted by molar-refractivity contribution is 0.0723. The van der Waals surface area contributed by atoms with E-state index >= 15 is 0 Å². The summed E-state index contributed by atoms with van der Waals surface area (Å²) >= 11 is 1.74. The molecule has 0 aromatic carbocycles. The molecule has 1 saturated heterocycles. The molecule has 0 unspecified atom stereocenters. The highest BCUT2D eigenvalue weighted by Crippen LogP contribution is 2.31. The van der Waals surface area contributed by atoms with E-state index < -0.39 is 0 Å². The van der Waals surface area contributed by atoms with Gasteiger partial charge in [0.05, 0.1) is 11.3 Å². The van der Waals surface area contributed by atoms with Gasteiger partial charge in [0.15, 0.2) is 0 Å². The summed E-state index contributed by atoms with van der Waals surface area (Å²) in [5.41, 5.74) is 4.43. The monoisotopic (exact) mass is 359 g/mol. The number of aryl methyl sites for hydroxylation is 2. The van der Waals surface area contributed by atoms with E-state index in [-0.39, 0.29) is 5.91 Å². The van der Waals surface area contributed by atoms with Crippen molar-refractivity contribution in [2.24, 2.45) is 0 Å². The molecule has 0 saturated carbocycles. The van der Waals surface area contributed by atoms with Crippen molar-refractivity contribution in [2.45, 2.75) is 52.6 Å². The van der Waals surface area contributed by atoms with Crippen LogP contribution in [-0.4, -0.2) is 40.5 Å². The second-order valence-electron chi connectivity index (χ2n) is 7.17. The number of carbonyl (C=O) groups excluding carboxylic acids is 1. The standard InChI is InChI=1S/C19H25N3O2S/c1-13-16(14(2)24-20-13)10-21-9-6-15-17(12-25-18(15)11-21)19(23)22-7-4-3-5-8-22/h12H,3-11H2,1-2H3. The molecule has 0 radical (unpaired) electrons. The minimum Gasteiger partial charge on any atom is -0.361 e. The Kier molecular flexibility index (Phi) is 4.65. The lowest BCUT2D eigenvalue weighted by atomic mass is 10.0. The van der Waals surface area contributed by atoms with Crippen molar-refractivity contribution in [1.29, 1.82) is 0 Å². The third-order valence-electron chi connectivity index (χ3n) is 5.46. The minimum absolute atomic E-state index is 0.247. The first-order valence-corrected chi connectivity index (χ1v) is 10.0. The fourth-order valence-corrected chi connectivity index (χ4v) is 5.03. The van der Waals surface area contributed by atoms with Crippen LogP contribution in [0.1, 0.15) is 57.1 Å². The van der Waals surface area contributed by atoms with Crippen LogP contribution < -0.4 is 0 Å². The largest absolute Gasteiger partial charge is 0.361 e. The minimum atomic E-state index is 0.247. The molecule has 0 N–H and O–H groups in total. The molecule has 134 valence electrons. The highest BCUT2D eigenvalue weighted by molar-refractivity contribution is 7.10. The predicted octanol–water partition coefficient (Wildman–Crippen LogP) is 3.54. The normalized spacial score (nSPS) is 18.4. The number of hydrogen-bond acceptors (Lipinski definition) is 5. The van der Waals surface area contributed by atoms with E-state index in [1.54, 1.807) is 11.3 Å². The molecule has 4 heterocycles. The van der Waals surface area contributed by atoms with Crippen molar-refractivity contribution in [3.05, 3.63) is 38.4 Å². The quantitative estimate of drug-likeness (QED) is 0.841. The summed E-state index contributed by atoms with van der Waals surface area (Å²) in [7, 11) is 0. The summed E-state index contributed by atoms with van der Waals surface area (Å²) in [4.78, 5) is 18.7. The molecule has 0 spiro atoms. The highest BCUT2D eigenvalue weighted by Gasteiger charge is 2.27. The number of likely N-dealkylation sites (tertiary alicyclic amines) is 1. The summed E-state index contributed by atoms with van der Waals surface area (Å²) in [6, 6.07) is 0. The van der Waals surface area contributed by atoms with Gasteiger partial charge in [-0.1, -0.05) is 5.16 Å². The van der Waals surface area contributed by atoms with E-state index in [4.69, 9.17) is 4.52 Å². The molecule has 0 atom stereocenters. The van der Waals surface area contributed by atoms with Crippen LogP contribution >= 0.6 is 11.3 Å². The molecule has 2 aliphatic rings. The lowest BCUT2D eigenvalue weighted by Gasteiger charge is -2.29. The maximum Gasteiger partial charge on any atom is 0.254 e. The number of piperidine rings is 1. The smallest absolute Gasteiger partial charge is 0.254 e. The van der Waals surface area contributed by atoms with Gasteiger partial charge in [-0.3, -0.25) is 9.69 Å². The van der Waals surface area contributed by atoms with Gasteiger partial charge in [0, 0.05) is 48.5 Å². The Morgan fingerprint density at radius 1 is 1.24 bits per heavy atom. The average molecular weight is 359 g/mol. The topological polar surface area (TPSA) is 49.6 Å². The van der Waals surface area contributed by atoms with Crippen LogP contribution in [0.15, 0.2) is 9.90 Å². The second-order valence-corrected chi connectivity index (χ2v) is 8.13. The number of carbonyl (C=O) groups is 1. The molecule has 6 heteroatoms. The van der Waals surface area contributed by atoms with Gasteiger partial charge >= 0.3 is 0 Å². The molecule has 0 aliphatic carbocycles. The van der Waals surface area contributed by atoms with Gasteiger partial charge in [0.25, 0.3) is 5.91 Å². The average Bonchev–Trinajstić information content (AvgIpc) is 3.20. The van der Waals surface area contributed by atoms with Crippen LogP contribution in [0.25, 0.3) is 0 Å². The maximum atomic E-state index is 12.9. The van der Waals surface area contributed by atoms with Gasteiger partial charge in [-0.25, -0.2) is 0 Å². The van der Waals surface area contributed by atoms with Gasteiger partial charge in [-0.05, 0) is 45.1 Å². The Morgan fingerprint density at radius 2 is 2.04 bits per heavy atom. The number of rotatable bonds is 3. The van der Waals surface area contributed by atoms with Crippen molar-refractivity contribution in [1.82, 2.24) is 15.0 Å². The number of hydrogen-bond donors (Lipinski definition) is 0. The number of fused-ring (bicyclic) bond motifs is 1. The number of nitrogens with zero attached hydrogens (tertiary/aromatic N) is 3. The molecule has 4 rings (SSSR count). The van der Waals surface area contributed by atoms with Crippen molar-refractivity contribution in [3.63, 3.8) is 0 Å². The van der Waals surface area contributed by atoms with Crippen LogP contribution in [0, 0.1) is 13.8 Å². The molecular weight excluding hydrogens is 334 g/mol. The summed E-state index contributed by atoms with van der Waals surface area (Å²) in [5, 5.41) is 6.14. The Bertz CT molecular complexity index is 754. The molecule has 2 aromatic rings. The number of amides is 1. The Morgan fingerprint density at radius 3 is 2.76 bits per heavy atom. The lowest BCUT2D eigenvalue weighted by Crippen LogP contribution is -2.36. The van der Waals surface area contributed by atoms with Crippen LogP contribution in [0.2, 0.25) is 0 Å². The third kappa shape index (κ3) is 3.25. The fraction of sp³-hybridized carbons (Fsp3) is 0.579. The Labute approximate surface area is 152 Å². The van der Waals surface area contributed by atoms with Gasteiger partial charge in [0.1, 0.15) is 5.76 Å². The van der Waals surface area contributed by atoms with Crippen molar-refractivity contribution in [2.75, 3.05) is 19.6 Å². The molecule has 2 aromatic heterocycles. The summed E-state index contributed by atoms with van der Waals surface area (Å²) in [6.07, 6.45) is 4.49. The highest BCUT2D eigenvalue weighted by atomic mass is 32.1. The third-order valence-corrected chi connectivity index (χ3v) is 6.48. The van der Waals surface area contributed by atoms with E-state index in [9.17, 15) is 4.79 Å². The fourth-order valence-electron chi connectivity index (χ4n) is 3.91. The van der Waals surface area contributed by atoms with E-state index in [0.29, 0.717) is 0 Å². The summed E-state index contributed by atoms with van der Waals surface area (Å²) in [5.74, 6) is 1.16. The van der Waals surface area contributed by atoms with Crippen LogP contribution in [-0.2, 0) is 19.5 Å². The maximum absolute atomic E-state index is 12.9. The van der Waals surface area contributed by atoms with Crippen molar-refractivity contribution in [3.8, 4) is 0 Å². The molecule has 1 amide bonds. The van der Waals surface area contributed by atoms with Gasteiger partial charge < -0.3 is 9.42 Å². The first-order valence-electron chi connectivity index (χ1n) is 9.16. The zero-order valence-electron chi connectivity index (χ0n) is 15.0. The van der Waals surface area contributed by atoms with E-state index in [1.165, 1.54) is 22.4 Å². The van der Waals surface area contributed by atoms with E-state index in [1.807, 2.05) is 18.7 Å². The first-order chi connectivity index (χ1) is 12.1. The molecule has 25 heavy (non-hydrogen) atoms. The van der Waals surface area contributed by atoms with Gasteiger partial charge in [0.2, 0.25) is 0 Å². The zero-order chi connectivity index (χ0) is 17.4. The second kappa shape index (κ2) is 6.92. The number of aromatic nitrogens is 1. The summed E-state index contributed by atoms with van der Waals surface area (Å²) in [6.45, 7) is 8.58. The molecule has 1 fully saturated rings. The van der Waals surface area contributed by atoms with E-state index in [0.717, 1.165) is 69.0 Å². The van der Waals surface area contributed by atoms with Crippen molar-refractivity contribution >= 4 is 17.2 Å².